The van der Waals surface area contributed by atoms with E-state index in [1.54, 1.807) is 24.3 Å². The van der Waals surface area contributed by atoms with Crippen molar-refractivity contribution in [1.82, 2.24) is 20.9 Å². The molecule has 2 heterocycles. The second-order valence-corrected chi connectivity index (χ2v) is 10.6. The van der Waals surface area contributed by atoms with Gasteiger partial charge in [-0.15, -0.1) is 0 Å². The van der Waals surface area contributed by atoms with Gasteiger partial charge in [0.25, 0.3) is 5.91 Å². The number of benzene rings is 2. The first-order chi connectivity index (χ1) is 19.7. The smallest absolute Gasteiger partial charge is 0.255 e. The molecule has 0 fully saturated rings. The van der Waals surface area contributed by atoms with Crippen molar-refractivity contribution in [1.29, 1.82) is 0 Å². The van der Waals surface area contributed by atoms with Gasteiger partial charge in [0.2, 0.25) is 17.7 Å². The molecule has 220 valence electrons. The van der Waals surface area contributed by atoms with Gasteiger partial charge in [0.05, 0.1) is 18.2 Å². The van der Waals surface area contributed by atoms with Crippen molar-refractivity contribution in [2.75, 3.05) is 40.0 Å². The van der Waals surface area contributed by atoms with E-state index >= 15 is 0 Å². The second-order valence-electron chi connectivity index (χ2n) is 10.6. The first-order valence-electron chi connectivity index (χ1n) is 13.9. The molecule has 11 heteroatoms. The van der Waals surface area contributed by atoms with Crippen molar-refractivity contribution in [2.24, 2.45) is 5.92 Å². The summed E-state index contributed by atoms with van der Waals surface area (Å²) in [6.45, 7) is 5.22. The van der Waals surface area contributed by atoms with Gasteiger partial charge in [0.15, 0.2) is 11.5 Å². The van der Waals surface area contributed by atoms with Gasteiger partial charge in [-0.2, -0.15) is 0 Å². The Bertz CT molecular complexity index is 1270. The van der Waals surface area contributed by atoms with E-state index in [-0.39, 0.29) is 55.3 Å². The molecule has 4 amide bonds. The van der Waals surface area contributed by atoms with Crippen LogP contribution in [0.1, 0.15) is 42.6 Å². The summed E-state index contributed by atoms with van der Waals surface area (Å²) in [5, 5.41) is 8.59. The number of hydrogen-bond acceptors (Lipinski definition) is 7. The molecule has 0 saturated heterocycles. The lowest BCUT2D eigenvalue weighted by molar-refractivity contribution is -0.135. The third-order valence-electron chi connectivity index (χ3n) is 7.10. The summed E-state index contributed by atoms with van der Waals surface area (Å²) in [6, 6.07) is 11.1. The van der Waals surface area contributed by atoms with Gasteiger partial charge in [-0.1, -0.05) is 32.0 Å². The Morgan fingerprint density at radius 1 is 1.00 bits per heavy atom. The Morgan fingerprint density at radius 2 is 1.76 bits per heavy atom. The van der Waals surface area contributed by atoms with Crippen LogP contribution in [0.4, 0.5) is 0 Å². The number of hydrogen-bond donors (Lipinski definition) is 3. The van der Waals surface area contributed by atoms with Gasteiger partial charge in [0.1, 0.15) is 31.6 Å². The zero-order chi connectivity index (χ0) is 29.4. The molecule has 2 aliphatic heterocycles. The van der Waals surface area contributed by atoms with E-state index in [9.17, 15) is 19.2 Å². The predicted octanol–water partition coefficient (Wildman–Crippen LogP) is 1.69. The van der Waals surface area contributed by atoms with Crippen molar-refractivity contribution >= 4 is 23.6 Å². The second kappa shape index (κ2) is 13.9. The first-order valence-corrected chi connectivity index (χ1v) is 13.9. The van der Waals surface area contributed by atoms with E-state index in [4.69, 9.17) is 14.2 Å². The average Bonchev–Trinajstić information content (AvgIpc) is 2.96. The van der Waals surface area contributed by atoms with Crippen molar-refractivity contribution in [2.45, 2.75) is 45.2 Å². The lowest BCUT2D eigenvalue weighted by Gasteiger charge is -2.24. The molecule has 0 radical (unpaired) electrons. The minimum absolute atomic E-state index is 0.0317. The molecule has 4 rings (SSSR count). The van der Waals surface area contributed by atoms with Gasteiger partial charge < -0.3 is 35.1 Å². The quantitative estimate of drug-likeness (QED) is 0.501. The van der Waals surface area contributed by atoms with Crippen molar-refractivity contribution < 1.29 is 33.4 Å². The molecule has 0 aromatic heterocycles. The molecule has 2 atom stereocenters. The van der Waals surface area contributed by atoms with Gasteiger partial charge in [-0.3, -0.25) is 19.2 Å². The molecule has 2 aliphatic rings. The molecule has 0 saturated carbocycles. The molecule has 2 aromatic carbocycles. The summed E-state index contributed by atoms with van der Waals surface area (Å²) in [4.78, 5) is 53.4. The highest BCUT2D eigenvalue weighted by Crippen LogP contribution is 2.30. The number of amides is 4. The predicted molar refractivity (Wildman–Crippen MR) is 151 cm³/mol. The zero-order valence-electron chi connectivity index (χ0n) is 23.7. The Labute approximate surface area is 239 Å². The number of fused-ring (bicyclic) bond motifs is 2. The van der Waals surface area contributed by atoms with Crippen LogP contribution in [-0.4, -0.2) is 80.6 Å². The van der Waals surface area contributed by atoms with Crippen LogP contribution in [0, 0.1) is 5.92 Å². The van der Waals surface area contributed by atoms with Crippen LogP contribution in [-0.2, 0) is 20.8 Å². The van der Waals surface area contributed by atoms with Gasteiger partial charge in [0, 0.05) is 20.0 Å². The topological polar surface area (TPSA) is 135 Å². The number of nitrogens with zero attached hydrogens (tertiary/aromatic N) is 1. The van der Waals surface area contributed by atoms with E-state index < -0.39 is 17.9 Å². The van der Waals surface area contributed by atoms with E-state index in [2.05, 4.69) is 16.0 Å². The van der Waals surface area contributed by atoms with Crippen LogP contribution < -0.4 is 30.2 Å². The molecule has 0 bridgehead atoms. The van der Waals surface area contributed by atoms with Crippen LogP contribution in [0.2, 0.25) is 0 Å². The highest BCUT2D eigenvalue weighted by atomic mass is 16.6. The fourth-order valence-electron chi connectivity index (χ4n) is 4.58. The van der Waals surface area contributed by atoms with Crippen LogP contribution in [0.3, 0.4) is 0 Å². The molecule has 3 N–H and O–H groups in total. The summed E-state index contributed by atoms with van der Waals surface area (Å²) >= 11 is 0. The standard InChI is InChI=1S/C30H38N4O7/c1-19(2)23-18-41-24-7-5-4-6-21(24)29(37)33-22(9-11-28(36)34(3)17-27(35)32-23)30(38)31-13-12-20-8-10-25-26(16-20)40-15-14-39-25/h4-8,10,16,19,22-23H,9,11-15,17-18H2,1-3H3,(H,31,38)(H,32,35)(H,33,37)/t22-,23+/m0/s1. The van der Waals surface area contributed by atoms with E-state index in [1.807, 2.05) is 32.0 Å². The molecular formula is C30H38N4O7. The number of carbonyl (C=O) groups excluding carboxylic acids is 4. The van der Waals surface area contributed by atoms with E-state index in [0.29, 0.717) is 43.4 Å². The zero-order valence-corrected chi connectivity index (χ0v) is 23.7. The van der Waals surface area contributed by atoms with Gasteiger partial charge in [-0.25, -0.2) is 0 Å². The molecule has 0 spiro atoms. The fraction of sp³-hybridized carbons (Fsp3) is 0.467. The minimum Gasteiger partial charge on any atom is -0.491 e. The van der Waals surface area contributed by atoms with Crippen LogP contribution in [0.25, 0.3) is 0 Å². The summed E-state index contributed by atoms with van der Waals surface area (Å²) in [5.74, 6) is 0.229. The van der Waals surface area contributed by atoms with Crippen molar-refractivity contribution in [3.05, 3.63) is 53.6 Å². The maximum absolute atomic E-state index is 13.3. The van der Waals surface area contributed by atoms with E-state index in [1.165, 1.54) is 11.9 Å². The monoisotopic (exact) mass is 566 g/mol. The summed E-state index contributed by atoms with van der Waals surface area (Å²) in [5.41, 5.74) is 1.22. The normalized spacial score (nSPS) is 20.1. The molecule has 0 unspecified atom stereocenters. The third-order valence-corrected chi connectivity index (χ3v) is 7.10. The third kappa shape index (κ3) is 8.12. The maximum Gasteiger partial charge on any atom is 0.255 e. The van der Waals surface area contributed by atoms with Crippen molar-refractivity contribution in [3.8, 4) is 17.2 Å². The molecular weight excluding hydrogens is 528 g/mol. The number of para-hydroxylation sites is 1. The summed E-state index contributed by atoms with van der Waals surface area (Å²) < 4.78 is 17.2. The van der Waals surface area contributed by atoms with Gasteiger partial charge >= 0.3 is 0 Å². The number of nitrogens with one attached hydrogen (secondary N) is 3. The highest BCUT2D eigenvalue weighted by molar-refractivity contribution is 5.99. The van der Waals surface area contributed by atoms with Crippen LogP contribution >= 0.6 is 0 Å². The summed E-state index contributed by atoms with van der Waals surface area (Å²) in [6.07, 6.45) is 0.563. The first kappa shape index (κ1) is 29.7. The van der Waals surface area contributed by atoms with Crippen molar-refractivity contribution in [3.63, 3.8) is 0 Å². The Morgan fingerprint density at radius 3 is 2.54 bits per heavy atom. The van der Waals surface area contributed by atoms with Crippen LogP contribution in [0.15, 0.2) is 42.5 Å². The molecule has 2 aromatic rings. The Kier molecular flexibility index (Phi) is 10.0. The van der Waals surface area contributed by atoms with Crippen LogP contribution in [0.5, 0.6) is 17.2 Å². The SMILES string of the molecule is CC(C)[C@H]1COc2ccccc2C(=O)N[C@H](C(=O)NCCc2ccc3c(c2)OCCO3)CCC(=O)N(C)CC(=O)N1. The lowest BCUT2D eigenvalue weighted by Crippen LogP contribution is -2.48. The number of likely N-dealkylation sites (N-methyl/N-ethyl adjacent to an activating group) is 1. The van der Waals surface area contributed by atoms with Gasteiger partial charge in [-0.05, 0) is 48.6 Å². The molecule has 41 heavy (non-hydrogen) atoms. The fourth-order valence-corrected chi connectivity index (χ4v) is 4.58. The number of carbonyl (C=O) groups is 4. The maximum atomic E-state index is 13.3. The Hall–Kier alpha value is -4.28. The number of rotatable bonds is 5. The average molecular weight is 567 g/mol. The largest absolute Gasteiger partial charge is 0.491 e. The summed E-state index contributed by atoms with van der Waals surface area (Å²) in [7, 11) is 1.54. The molecule has 11 nitrogen and oxygen atoms in total. The molecule has 0 aliphatic carbocycles. The highest BCUT2D eigenvalue weighted by Gasteiger charge is 2.27. The lowest BCUT2D eigenvalue weighted by atomic mass is 10.1. The number of ether oxygens (including phenoxy) is 3. The minimum atomic E-state index is -0.976. The Balaban J connectivity index is 1.48. The van der Waals surface area contributed by atoms with E-state index in [0.717, 1.165) is 5.56 Å².